The quantitative estimate of drug-likeness (QED) is 0.620. The number of ether oxygens (including phenoxy) is 3. The van der Waals surface area contributed by atoms with E-state index in [0.717, 1.165) is 28.0 Å². The molecule has 0 aliphatic heterocycles. The van der Waals surface area contributed by atoms with E-state index >= 15 is 0 Å². The van der Waals surface area contributed by atoms with Crippen LogP contribution in [0.25, 0.3) is 22.3 Å². The van der Waals surface area contributed by atoms with Gasteiger partial charge in [-0.3, -0.25) is 0 Å². The van der Waals surface area contributed by atoms with Gasteiger partial charge in [-0.15, -0.1) is 0 Å². The molecule has 0 radical (unpaired) electrons. The fraction of sp³-hybridized carbons (Fsp3) is 0.158. The van der Waals surface area contributed by atoms with Gasteiger partial charge in [0.05, 0.1) is 14.2 Å². The van der Waals surface area contributed by atoms with Crippen LogP contribution in [0.3, 0.4) is 0 Å². The molecule has 23 heavy (non-hydrogen) atoms. The van der Waals surface area contributed by atoms with Crippen molar-refractivity contribution in [3.8, 4) is 28.6 Å². The summed E-state index contributed by atoms with van der Waals surface area (Å²) in [5.41, 5.74) is 1.73. The largest absolute Gasteiger partial charge is 0.493 e. The Balaban J connectivity index is 1.98. The zero-order chi connectivity index (χ0) is 16.2. The first-order valence-electron chi connectivity index (χ1n) is 7.25. The van der Waals surface area contributed by atoms with E-state index < -0.39 is 0 Å². The number of fused-ring (bicyclic) bond motifs is 1. The summed E-state index contributed by atoms with van der Waals surface area (Å²) >= 11 is 0. The Bertz CT molecular complexity index is 833. The van der Waals surface area contributed by atoms with Crippen LogP contribution in [-0.2, 0) is 0 Å². The van der Waals surface area contributed by atoms with Crippen LogP contribution in [0.4, 0.5) is 0 Å². The molecule has 0 unspecified atom stereocenters. The third kappa shape index (κ3) is 3.01. The zero-order valence-corrected chi connectivity index (χ0v) is 13.2. The van der Waals surface area contributed by atoms with Crippen molar-refractivity contribution in [1.29, 1.82) is 0 Å². The highest BCUT2D eigenvalue weighted by atomic mass is 16.5. The van der Waals surface area contributed by atoms with E-state index in [-0.39, 0.29) is 0 Å². The topological polar surface area (TPSA) is 40.8 Å². The highest BCUT2D eigenvalue weighted by molar-refractivity contribution is 5.84. The van der Waals surface area contributed by atoms with Gasteiger partial charge in [0.2, 0.25) is 0 Å². The molecular weight excluding hydrogens is 292 g/mol. The average Bonchev–Trinajstić information content (AvgIpc) is 3.02. The minimum absolute atomic E-state index is 0.478. The van der Waals surface area contributed by atoms with E-state index in [1.165, 1.54) is 0 Å². The van der Waals surface area contributed by atoms with Gasteiger partial charge >= 0.3 is 0 Å². The van der Waals surface area contributed by atoms with Crippen LogP contribution in [0.2, 0.25) is 0 Å². The van der Waals surface area contributed by atoms with E-state index in [0.29, 0.717) is 18.1 Å². The highest BCUT2D eigenvalue weighted by Crippen LogP contribution is 2.35. The average molecular weight is 310 g/mol. The van der Waals surface area contributed by atoms with Crippen LogP contribution in [0, 0.1) is 0 Å². The molecule has 0 saturated heterocycles. The van der Waals surface area contributed by atoms with E-state index in [1.807, 2.05) is 42.5 Å². The number of furan rings is 1. The van der Waals surface area contributed by atoms with Gasteiger partial charge < -0.3 is 18.6 Å². The lowest BCUT2D eigenvalue weighted by molar-refractivity contribution is 0.355. The molecule has 4 nitrogen and oxygen atoms in total. The van der Waals surface area contributed by atoms with Crippen molar-refractivity contribution in [2.75, 3.05) is 20.8 Å². The lowest BCUT2D eigenvalue weighted by Gasteiger charge is -2.08. The third-order valence-corrected chi connectivity index (χ3v) is 3.52. The first-order chi connectivity index (χ1) is 11.2. The highest BCUT2D eigenvalue weighted by Gasteiger charge is 2.11. The smallest absolute Gasteiger partial charge is 0.161 e. The lowest BCUT2D eigenvalue weighted by atomic mass is 10.1. The first-order valence-corrected chi connectivity index (χ1v) is 7.25. The van der Waals surface area contributed by atoms with Gasteiger partial charge in [0.1, 0.15) is 23.7 Å². The van der Waals surface area contributed by atoms with Gasteiger partial charge in [-0.1, -0.05) is 12.7 Å². The second-order valence-electron chi connectivity index (χ2n) is 4.98. The van der Waals surface area contributed by atoms with Gasteiger partial charge in [0.15, 0.2) is 11.5 Å². The van der Waals surface area contributed by atoms with E-state index in [2.05, 4.69) is 6.58 Å². The molecular formula is C19H18O4. The van der Waals surface area contributed by atoms with Crippen LogP contribution >= 0.6 is 0 Å². The van der Waals surface area contributed by atoms with Crippen LogP contribution in [0.15, 0.2) is 59.5 Å². The van der Waals surface area contributed by atoms with Gasteiger partial charge in [-0.2, -0.15) is 0 Å². The van der Waals surface area contributed by atoms with Crippen LogP contribution in [-0.4, -0.2) is 20.8 Å². The maximum atomic E-state index is 5.91. The molecule has 4 heteroatoms. The summed E-state index contributed by atoms with van der Waals surface area (Å²) in [7, 11) is 3.23. The molecule has 118 valence electrons. The molecule has 1 heterocycles. The summed E-state index contributed by atoms with van der Waals surface area (Å²) in [4.78, 5) is 0. The number of benzene rings is 2. The minimum atomic E-state index is 0.478. The summed E-state index contributed by atoms with van der Waals surface area (Å²) in [5, 5.41) is 0.983. The third-order valence-electron chi connectivity index (χ3n) is 3.52. The van der Waals surface area contributed by atoms with Crippen molar-refractivity contribution in [3.63, 3.8) is 0 Å². The molecule has 0 saturated carbocycles. The molecule has 0 atom stereocenters. The van der Waals surface area contributed by atoms with Crippen LogP contribution in [0.1, 0.15) is 0 Å². The summed E-state index contributed by atoms with van der Waals surface area (Å²) in [6.45, 7) is 4.12. The first kappa shape index (κ1) is 15.0. The molecule has 0 amide bonds. The van der Waals surface area contributed by atoms with Gasteiger partial charge in [-0.05, 0) is 42.5 Å². The number of methoxy groups -OCH3 is 2. The van der Waals surface area contributed by atoms with Crippen molar-refractivity contribution in [2.45, 2.75) is 0 Å². The summed E-state index contributed by atoms with van der Waals surface area (Å²) in [6.07, 6.45) is 1.72. The fourth-order valence-corrected chi connectivity index (χ4v) is 2.40. The van der Waals surface area contributed by atoms with Gasteiger partial charge in [0.25, 0.3) is 0 Å². The Morgan fingerprint density at radius 1 is 1.00 bits per heavy atom. The summed E-state index contributed by atoms with van der Waals surface area (Å²) in [6, 6.07) is 13.4. The van der Waals surface area contributed by atoms with Gasteiger partial charge in [-0.25, -0.2) is 0 Å². The molecule has 1 aromatic heterocycles. The Morgan fingerprint density at radius 2 is 1.83 bits per heavy atom. The molecule has 3 rings (SSSR count). The number of rotatable bonds is 6. The Labute approximate surface area is 134 Å². The fourth-order valence-electron chi connectivity index (χ4n) is 2.40. The molecule has 2 aromatic carbocycles. The standard InChI is InChI=1S/C19H18O4/c1-4-9-22-15-6-8-16-14(10-15)12-18(23-16)13-5-7-17(20-2)19(11-13)21-3/h4-8,10-12H,1,9H2,2-3H3. The number of hydrogen-bond acceptors (Lipinski definition) is 4. The van der Waals surface area contributed by atoms with Gasteiger partial charge in [0, 0.05) is 10.9 Å². The molecule has 0 spiro atoms. The predicted octanol–water partition coefficient (Wildman–Crippen LogP) is 4.68. The zero-order valence-electron chi connectivity index (χ0n) is 13.2. The number of hydrogen-bond donors (Lipinski definition) is 0. The molecule has 0 bridgehead atoms. The van der Waals surface area contributed by atoms with Crippen molar-refractivity contribution in [1.82, 2.24) is 0 Å². The Kier molecular flexibility index (Phi) is 4.24. The molecule has 0 N–H and O–H groups in total. The maximum absolute atomic E-state index is 5.91. The second kappa shape index (κ2) is 6.48. The summed E-state index contributed by atoms with van der Waals surface area (Å²) in [5.74, 6) is 2.91. The van der Waals surface area contributed by atoms with Crippen LogP contribution in [0.5, 0.6) is 17.2 Å². The van der Waals surface area contributed by atoms with Crippen molar-refractivity contribution >= 4 is 11.0 Å². The SMILES string of the molecule is C=CCOc1ccc2oc(-c3ccc(OC)c(OC)c3)cc2c1. The Hall–Kier alpha value is -2.88. The van der Waals surface area contributed by atoms with Crippen LogP contribution < -0.4 is 14.2 Å². The second-order valence-corrected chi connectivity index (χ2v) is 4.98. The summed E-state index contributed by atoms with van der Waals surface area (Å²) < 4.78 is 22.1. The molecule has 0 aliphatic carbocycles. The monoisotopic (exact) mass is 310 g/mol. The van der Waals surface area contributed by atoms with Crippen molar-refractivity contribution in [3.05, 3.63) is 55.1 Å². The molecule has 3 aromatic rings. The molecule has 0 fully saturated rings. The van der Waals surface area contributed by atoms with Crippen molar-refractivity contribution < 1.29 is 18.6 Å². The van der Waals surface area contributed by atoms with E-state index in [4.69, 9.17) is 18.6 Å². The van der Waals surface area contributed by atoms with Crippen molar-refractivity contribution in [2.24, 2.45) is 0 Å². The maximum Gasteiger partial charge on any atom is 0.161 e. The molecule has 0 aliphatic rings. The van der Waals surface area contributed by atoms with E-state index in [9.17, 15) is 0 Å². The predicted molar refractivity (Wildman–Crippen MR) is 90.4 cm³/mol. The van der Waals surface area contributed by atoms with E-state index in [1.54, 1.807) is 20.3 Å². The normalized spacial score (nSPS) is 10.5. The Morgan fingerprint density at radius 3 is 2.57 bits per heavy atom. The lowest BCUT2D eigenvalue weighted by Crippen LogP contribution is -1.91. The minimum Gasteiger partial charge on any atom is -0.493 e.